The number of hydrogen-bond donors (Lipinski definition) is 2. The predicted molar refractivity (Wildman–Crippen MR) is 80.5 cm³/mol. The summed E-state index contributed by atoms with van der Waals surface area (Å²) in [4.78, 5) is 2.21. The van der Waals surface area contributed by atoms with Crippen LogP contribution in [0.5, 0.6) is 11.5 Å². The molecular formula is C15H26N2O3. The minimum absolute atomic E-state index is 0.247. The first kappa shape index (κ1) is 16.8. The van der Waals surface area contributed by atoms with Gasteiger partial charge in [0.15, 0.2) is 11.5 Å². The van der Waals surface area contributed by atoms with Crippen molar-refractivity contribution in [3.8, 4) is 11.5 Å². The average Bonchev–Trinajstić information content (AvgIpc) is 2.49. The van der Waals surface area contributed by atoms with Gasteiger partial charge in [-0.25, -0.2) is 0 Å². The van der Waals surface area contributed by atoms with E-state index in [-0.39, 0.29) is 6.61 Å². The molecule has 1 aromatic carbocycles. The molecule has 1 rings (SSSR count). The van der Waals surface area contributed by atoms with E-state index in [9.17, 15) is 5.11 Å². The normalized spacial score (nSPS) is 12.4. The lowest BCUT2D eigenvalue weighted by atomic mass is 10.3. The van der Waals surface area contributed by atoms with Crippen molar-refractivity contribution in [2.75, 3.05) is 46.9 Å². The van der Waals surface area contributed by atoms with Gasteiger partial charge >= 0.3 is 0 Å². The van der Waals surface area contributed by atoms with Crippen molar-refractivity contribution in [1.29, 1.82) is 0 Å². The van der Waals surface area contributed by atoms with Gasteiger partial charge in [0.1, 0.15) is 12.7 Å². The van der Waals surface area contributed by atoms with Crippen LogP contribution < -0.4 is 14.8 Å². The number of para-hydroxylation sites is 2. The number of benzene rings is 1. The Morgan fingerprint density at radius 3 is 2.65 bits per heavy atom. The Kier molecular flexibility index (Phi) is 8.02. The lowest BCUT2D eigenvalue weighted by Crippen LogP contribution is -2.36. The van der Waals surface area contributed by atoms with E-state index < -0.39 is 6.10 Å². The van der Waals surface area contributed by atoms with Crippen LogP contribution in [0.1, 0.15) is 6.92 Å². The van der Waals surface area contributed by atoms with E-state index >= 15 is 0 Å². The van der Waals surface area contributed by atoms with Gasteiger partial charge < -0.3 is 24.8 Å². The molecule has 5 nitrogen and oxygen atoms in total. The number of nitrogens with one attached hydrogen (secondary N) is 1. The molecule has 5 heteroatoms. The van der Waals surface area contributed by atoms with Gasteiger partial charge in [-0.15, -0.1) is 0 Å². The first-order valence-corrected chi connectivity index (χ1v) is 7.00. The maximum absolute atomic E-state index is 9.85. The number of methoxy groups -OCH3 is 1. The molecule has 1 atom stereocenters. The van der Waals surface area contributed by atoms with Gasteiger partial charge in [-0.1, -0.05) is 19.1 Å². The van der Waals surface area contributed by atoms with Crippen LogP contribution in [0.4, 0.5) is 0 Å². The Labute approximate surface area is 121 Å². The zero-order valence-corrected chi connectivity index (χ0v) is 12.6. The van der Waals surface area contributed by atoms with Crippen molar-refractivity contribution in [3.05, 3.63) is 24.3 Å². The van der Waals surface area contributed by atoms with Gasteiger partial charge in [-0.05, 0) is 25.7 Å². The molecule has 0 aliphatic carbocycles. The van der Waals surface area contributed by atoms with Gasteiger partial charge in [-0.3, -0.25) is 0 Å². The molecule has 114 valence electrons. The fourth-order valence-corrected chi connectivity index (χ4v) is 1.68. The summed E-state index contributed by atoms with van der Waals surface area (Å²) in [6.07, 6.45) is -0.535. The maximum Gasteiger partial charge on any atom is 0.161 e. The molecule has 0 amide bonds. The SMILES string of the molecule is CCN(C)CCNCC(O)COc1ccccc1OC. The fraction of sp³-hybridized carbons (Fsp3) is 0.600. The van der Waals surface area contributed by atoms with E-state index in [2.05, 4.69) is 24.2 Å². The monoisotopic (exact) mass is 282 g/mol. The lowest BCUT2D eigenvalue weighted by Gasteiger charge is -2.17. The van der Waals surface area contributed by atoms with Crippen LogP contribution in [-0.4, -0.2) is 63.1 Å². The fourth-order valence-electron chi connectivity index (χ4n) is 1.68. The Morgan fingerprint density at radius 2 is 2.00 bits per heavy atom. The van der Waals surface area contributed by atoms with E-state index in [0.29, 0.717) is 18.0 Å². The number of hydrogen-bond acceptors (Lipinski definition) is 5. The molecule has 0 aromatic heterocycles. The highest BCUT2D eigenvalue weighted by atomic mass is 16.5. The van der Waals surface area contributed by atoms with Gasteiger partial charge in [0.05, 0.1) is 7.11 Å². The highest BCUT2D eigenvalue weighted by Gasteiger charge is 2.07. The van der Waals surface area contributed by atoms with Crippen molar-refractivity contribution < 1.29 is 14.6 Å². The lowest BCUT2D eigenvalue weighted by molar-refractivity contribution is 0.104. The van der Waals surface area contributed by atoms with Crippen LogP contribution in [0.3, 0.4) is 0 Å². The second-order valence-electron chi connectivity index (χ2n) is 4.72. The summed E-state index contributed by atoms with van der Waals surface area (Å²) in [5, 5.41) is 13.1. The van der Waals surface area contributed by atoms with Crippen LogP contribution >= 0.6 is 0 Å². The van der Waals surface area contributed by atoms with Crippen LogP contribution in [0.25, 0.3) is 0 Å². The zero-order valence-electron chi connectivity index (χ0n) is 12.6. The van der Waals surface area contributed by atoms with Crippen LogP contribution in [-0.2, 0) is 0 Å². The van der Waals surface area contributed by atoms with Crippen molar-refractivity contribution in [2.45, 2.75) is 13.0 Å². The van der Waals surface area contributed by atoms with Crippen LogP contribution in [0, 0.1) is 0 Å². The van der Waals surface area contributed by atoms with Gasteiger partial charge in [-0.2, -0.15) is 0 Å². The Morgan fingerprint density at radius 1 is 1.30 bits per heavy atom. The highest BCUT2D eigenvalue weighted by molar-refractivity contribution is 5.39. The summed E-state index contributed by atoms with van der Waals surface area (Å²) in [5.74, 6) is 1.33. The zero-order chi connectivity index (χ0) is 14.8. The average molecular weight is 282 g/mol. The summed E-state index contributed by atoms with van der Waals surface area (Å²) < 4.78 is 10.8. The van der Waals surface area contributed by atoms with E-state index in [1.54, 1.807) is 7.11 Å². The largest absolute Gasteiger partial charge is 0.493 e. The van der Waals surface area contributed by atoms with Gasteiger partial charge in [0, 0.05) is 19.6 Å². The van der Waals surface area contributed by atoms with Crippen molar-refractivity contribution in [3.63, 3.8) is 0 Å². The minimum Gasteiger partial charge on any atom is -0.493 e. The molecule has 0 spiro atoms. The summed E-state index contributed by atoms with van der Waals surface area (Å²) in [6, 6.07) is 7.42. The van der Waals surface area contributed by atoms with E-state index in [1.165, 1.54) is 0 Å². The smallest absolute Gasteiger partial charge is 0.161 e. The first-order valence-electron chi connectivity index (χ1n) is 7.00. The summed E-state index contributed by atoms with van der Waals surface area (Å²) >= 11 is 0. The number of rotatable bonds is 10. The van der Waals surface area contributed by atoms with E-state index in [0.717, 1.165) is 19.6 Å². The molecule has 0 aliphatic heterocycles. The number of nitrogens with zero attached hydrogens (tertiary/aromatic N) is 1. The highest BCUT2D eigenvalue weighted by Crippen LogP contribution is 2.25. The number of likely N-dealkylation sites (N-methyl/N-ethyl adjacent to an activating group) is 1. The summed E-state index contributed by atoms with van der Waals surface area (Å²) in [6.45, 7) is 5.74. The number of aliphatic hydroxyl groups excluding tert-OH is 1. The Bertz CT molecular complexity index is 374. The Balaban J connectivity index is 2.21. The van der Waals surface area contributed by atoms with Crippen molar-refractivity contribution in [1.82, 2.24) is 10.2 Å². The molecule has 0 radical (unpaired) electrons. The predicted octanol–water partition coefficient (Wildman–Crippen LogP) is 0.976. The number of aliphatic hydroxyl groups is 1. The van der Waals surface area contributed by atoms with Crippen molar-refractivity contribution in [2.24, 2.45) is 0 Å². The maximum atomic E-state index is 9.85. The third-order valence-corrected chi connectivity index (χ3v) is 3.09. The van der Waals surface area contributed by atoms with Gasteiger partial charge in [0.2, 0.25) is 0 Å². The second kappa shape index (κ2) is 9.58. The molecule has 0 heterocycles. The number of ether oxygens (including phenoxy) is 2. The quantitative estimate of drug-likeness (QED) is 0.627. The minimum atomic E-state index is -0.535. The molecule has 0 fully saturated rings. The van der Waals surface area contributed by atoms with Crippen molar-refractivity contribution >= 4 is 0 Å². The Hall–Kier alpha value is -1.30. The molecular weight excluding hydrogens is 256 g/mol. The first-order chi connectivity index (χ1) is 9.67. The topological polar surface area (TPSA) is 54.0 Å². The molecule has 0 saturated heterocycles. The van der Waals surface area contributed by atoms with Gasteiger partial charge in [0.25, 0.3) is 0 Å². The molecule has 1 unspecified atom stereocenters. The molecule has 0 saturated carbocycles. The standard InChI is InChI=1S/C15H26N2O3/c1-4-17(2)10-9-16-11-13(18)12-20-15-8-6-5-7-14(15)19-3/h5-8,13,16,18H,4,9-12H2,1-3H3. The molecule has 20 heavy (non-hydrogen) atoms. The molecule has 0 aliphatic rings. The van der Waals surface area contributed by atoms with E-state index in [1.807, 2.05) is 24.3 Å². The third-order valence-electron chi connectivity index (χ3n) is 3.09. The van der Waals surface area contributed by atoms with E-state index in [4.69, 9.17) is 9.47 Å². The molecule has 2 N–H and O–H groups in total. The summed E-state index contributed by atoms with van der Waals surface area (Å²) in [5.41, 5.74) is 0. The second-order valence-corrected chi connectivity index (χ2v) is 4.72. The van der Waals surface area contributed by atoms with Crippen LogP contribution in [0.2, 0.25) is 0 Å². The van der Waals surface area contributed by atoms with Crippen LogP contribution in [0.15, 0.2) is 24.3 Å². The molecule has 0 bridgehead atoms. The molecule has 1 aromatic rings. The third kappa shape index (κ3) is 6.23. The summed E-state index contributed by atoms with van der Waals surface area (Å²) in [7, 11) is 3.67.